The normalized spacial score (nSPS) is 19.0. The highest BCUT2D eigenvalue weighted by atomic mass is 16.5. The number of rotatable bonds is 3. The van der Waals surface area contributed by atoms with Gasteiger partial charge in [0.15, 0.2) is 0 Å². The van der Waals surface area contributed by atoms with E-state index in [0.29, 0.717) is 17.8 Å². The van der Waals surface area contributed by atoms with Gasteiger partial charge in [0, 0.05) is 43.1 Å². The van der Waals surface area contributed by atoms with Crippen molar-refractivity contribution in [2.45, 2.75) is 45.7 Å². The summed E-state index contributed by atoms with van der Waals surface area (Å²) in [5.41, 5.74) is 4.62. The number of hydrogen-bond donors (Lipinski definition) is 1. The van der Waals surface area contributed by atoms with Crippen molar-refractivity contribution < 1.29 is 4.52 Å². The van der Waals surface area contributed by atoms with Gasteiger partial charge in [-0.15, -0.1) is 0 Å². The van der Waals surface area contributed by atoms with Crippen LogP contribution in [-0.2, 0) is 13.0 Å². The molecule has 2 aromatic heterocycles. The molecule has 0 amide bonds. The van der Waals surface area contributed by atoms with E-state index in [1.165, 1.54) is 11.1 Å². The van der Waals surface area contributed by atoms with Gasteiger partial charge in [-0.2, -0.15) is 4.98 Å². The van der Waals surface area contributed by atoms with Gasteiger partial charge < -0.3 is 9.84 Å². The van der Waals surface area contributed by atoms with E-state index in [0.717, 1.165) is 49.7 Å². The van der Waals surface area contributed by atoms with Crippen molar-refractivity contribution in [3.05, 3.63) is 28.9 Å². The average Bonchev–Trinajstić information content (AvgIpc) is 2.94. The molecule has 6 nitrogen and oxygen atoms in total. The van der Waals surface area contributed by atoms with E-state index in [-0.39, 0.29) is 0 Å². The van der Waals surface area contributed by atoms with E-state index in [2.05, 4.69) is 34.2 Å². The van der Waals surface area contributed by atoms with Crippen LogP contribution in [0.3, 0.4) is 0 Å². The van der Waals surface area contributed by atoms with Crippen molar-refractivity contribution in [2.24, 2.45) is 0 Å². The van der Waals surface area contributed by atoms with Gasteiger partial charge in [0.1, 0.15) is 0 Å². The molecular formula is C17H23N5O. The molecule has 1 saturated heterocycles. The van der Waals surface area contributed by atoms with Crippen LogP contribution in [0.15, 0.2) is 10.7 Å². The van der Waals surface area contributed by atoms with Crippen molar-refractivity contribution in [1.82, 2.24) is 25.3 Å². The van der Waals surface area contributed by atoms with Crippen LogP contribution in [0.2, 0.25) is 0 Å². The average molecular weight is 313 g/mol. The molecule has 0 unspecified atom stereocenters. The summed E-state index contributed by atoms with van der Waals surface area (Å²) in [4.78, 5) is 11.6. The van der Waals surface area contributed by atoms with Crippen LogP contribution in [-0.4, -0.2) is 45.7 Å². The molecular weight excluding hydrogens is 290 g/mol. The van der Waals surface area contributed by atoms with Crippen LogP contribution >= 0.6 is 0 Å². The second-order valence-electron chi connectivity index (χ2n) is 6.85. The molecule has 0 bridgehead atoms. The standard InChI is InChI=1S/C17H23N5O/c1-10(2)22-8-13(9-22)17-20-16(21-23-17)15-11(3)19-7-12-6-18-5-4-14(12)15/h7,10,13,18H,4-6,8-9H2,1-3H3. The minimum Gasteiger partial charge on any atom is -0.339 e. The van der Waals surface area contributed by atoms with Gasteiger partial charge in [-0.1, -0.05) is 5.16 Å². The summed E-state index contributed by atoms with van der Waals surface area (Å²) >= 11 is 0. The number of fused-ring (bicyclic) bond motifs is 1. The molecule has 2 aliphatic rings. The van der Waals surface area contributed by atoms with E-state index in [4.69, 9.17) is 9.51 Å². The molecule has 2 aromatic rings. The minimum absolute atomic E-state index is 0.369. The third-order valence-electron chi connectivity index (χ3n) is 4.99. The number of pyridine rings is 1. The van der Waals surface area contributed by atoms with Gasteiger partial charge in [-0.3, -0.25) is 9.88 Å². The summed E-state index contributed by atoms with van der Waals surface area (Å²) in [6.07, 6.45) is 2.95. The van der Waals surface area contributed by atoms with Gasteiger partial charge in [0.2, 0.25) is 11.7 Å². The van der Waals surface area contributed by atoms with Crippen molar-refractivity contribution in [2.75, 3.05) is 19.6 Å². The second kappa shape index (κ2) is 5.69. The molecule has 0 aromatic carbocycles. The first-order chi connectivity index (χ1) is 11.1. The Hall–Kier alpha value is -1.79. The minimum atomic E-state index is 0.369. The Morgan fingerprint density at radius 2 is 2.17 bits per heavy atom. The molecule has 4 heterocycles. The number of hydrogen-bond acceptors (Lipinski definition) is 6. The van der Waals surface area contributed by atoms with Gasteiger partial charge in [-0.25, -0.2) is 0 Å². The zero-order chi connectivity index (χ0) is 16.0. The number of likely N-dealkylation sites (tertiary alicyclic amines) is 1. The lowest BCUT2D eigenvalue weighted by atomic mass is 9.95. The maximum Gasteiger partial charge on any atom is 0.232 e. The highest BCUT2D eigenvalue weighted by Gasteiger charge is 2.34. The summed E-state index contributed by atoms with van der Waals surface area (Å²) in [6.45, 7) is 10.3. The topological polar surface area (TPSA) is 67.1 Å². The van der Waals surface area contributed by atoms with Gasteiger partial charge >= 0.3 is 0 Å². The molecule has 6 heteroatoms. The Labute approximate surface area is 136 Å². The molecule has 0 radical (unpaired) electrons. The van der Waals surface area contributed by atoms with E-state index in [9.17, 15) is 0 Å². The summed E-state index contributed by atoms with van der Waals surface area (Å²) < 4.78 is 5.57. The Morgan fingerprint density at radius 3 is 2.96 bits per heavy atom. The maximum atomic E-state index is 5.57. The summed E-state index contributed by atoms with van der Waals surface area (Å²) in [6, 6.07) is 0.578. The first-order valence-electron chi connectivity index (χ1n) is 8.39. The summed E-state index contributed by atoms with van der Waals surface area (Å²) in [7, 11) is 0. The molecule has 2 aliphatic heterocycles. The van der Waals surface area contributed by atoms with Crippen LogP contribution in [0.25, 0.3) is 11.4 Å². The third kappa shape index (κ3) is 2.56. The van der Waals surface area contributed by atoms with Crippen molar-refractivity contribution in [3.8, 4) is 11.4 Å². The van der Waals surface area contributed by atoms with Crippen LogP contribution in [0.5, 0.6) is 0 Å². The van der Waals surface area contributed by atoms with E-state index in [1.54, 1.807) is 0 Å². The fourth-order valence-corrected chi connectivity index (χ4v) is 3.46. The Bertz CT molecular complexity index is 718. The third-order valence-corrected chi connectivity index (χ3v) is 4.99. The van der Waals surface area contributed by atoms with Crippen LogP contribution in [0.4, 0.5) is 0 Å². The lowest BCUT2D eigenvalue weighted by molar-refractivity contribution is 0.0917. The maximum absolute atomic E-state index is 5.57. The molecule has 0 spiro atoms. The highest BCUT2D eigenvalue weighted by Crippen LogP contribution is 2.32. The van der Waals surface area contributed by atoms with Gasteiger partial charge in [0.25, 0.3) is 0 Å². The predicted octanol–water partition coefficient (Wildman–Crippen LogP) is 1.89. The Morgan fingerprint density at radius 1 is 1.35 bits per heavy atom. The predicted molar refractivity (Wildman–Crippen MR) is 87.1 cm³/mol. The van der Waals surface area contributed by atoms with Gasteiger partial charge in [0.05, 0.1) is 5.92 Å². The molecule has 1 fully saturated rings. The van der Waals surface area contributed by atoms with E-state index in [1.807, 2.05) is 13.1 Å². The first kappa shape index (κ1) is 14.8. The summed E-state index contributed by atoms with van der Waals surface area (Å²) in [5, 5.41) is 7.65. The SMILES string of the molecule is Cc1ncc2c(c1-c1noc(C3CN(C(C)C)C3)n1)CCNC2. The van der Waals surface area contributed by atoms with Crippen molar-refractivity contribution in [1.29, 1.82) is 0 Å². The molecule has 4 rings (SSSR count). The van der Waals surface area contributed by atoms with E-state index >= 15 is 0 Å². The fourth-order valence-electron chi connectivity index (χ4n) is 3.46. The second-order valence-corrected chi connectivity index (χ2v) is 6.85. The summed E-state index contributed by atoms with van der Waals surface area (Å²) in [5.74, 6) is 1.84. The molecule has 122 valence electrons. The largest absolute Gasteiger partial charge is 0.339 e. The van der Waals surface area contributed by atoms with Crippen LogP contribution < -0.4 is 5.32 Å². The van der Waals surface area contributed by atoms with Crippen molar-refractivity contribution in [3.63, 3.8) is 0 Å². The lowest BCUT2D eigenvalue weighted by Gasteiger charge is -2.40. The van der Waals surface area contributed by atoms with Crippen molar-refractivity contribution >= 4 is 0 Å². The van der Waals surface area contributed by atoms with E-state index < -0.39 is 0 Å². The quantitative estimate of drug-likeness (QED) is 0.933. The molecule has 0 saturated carbocycles. The first-order valence-corrected chi connectivity index (χ1v) is 8.39. The Kier molecular flexibility index (Phi) is 3.66. The number of aromatic nitrogens is 3. The number of nitrogens with zero attached hydrogens (tertiary/aromatic N) is 4. The molecule has 23 heavy (non-hydrogen) atoms. The smallest absolute Gasteiger partial charge is 0.232 e. The zero-order valence-corrected chi connectivity index (χ0v) is 14.0. The molecule has 0 atom stereocenters. The highest BCUT2D eigenvalue weighted by molar-refractivity contribution is 5.64. The van der Waals surface area contributed by atoms with Crippen LogP contribution in [0.1, 0.15) is 42.5 Å². The molecule has 0 aliphatic carbocycles. The number of nitrogens with one attached hydrogen (secondary N) is 1. The van der Waals surface area contributed by atoms with Gasteiger partial charge in [-0.05, 0) is 44.9 Å². The Balaban J connectivity index is 1.63. The fraction of sp³-hybridized carbons (Fsp3) is 0.588. The zero-order valence-electron chi connectivity index (χ0n) is 14.0. The molecule has 1 N–H and O–H groups in total. The lowest BCUT2D eigenvalue weighted by Crippen LogP contribution is -2.48. The number of aryl methyl sites for hydroxylation is 1. The monoisotopic (exact) mass is 313 g/mol. The van der Waals surface area contributed by atoms with Crippen LogP contribution in [0, 0.1) is 6.92 Å².